The van der Waals surface area contributed by atoms with Gasteiger partial charge in [0.05, 0.1) is 12.7 Å². The van der Waals surface area contributed by atoms with Gasteiger partial charge in [0, 0.05) is 35.7 Å². The van der Waals surface area contributed by atoms with Crippen molar-refractivity contribution in [3.8, 4) is 11.5 Å². The normalized spacial score (nSPS) is 17.5. The van der Waals surface area contributed by atoms with E-state index >= 15 is 0 Å². The predicted molar refractivity (Wildman–Crippen MR) is 128 cm³/mol. The highest BCUT2D eigenvalue weighted by Crippen LogP contribution is 2.42. The van der Waals surface area contributed by atoms with Crippen LogP contribution < -0.4 is 9.47 Å². The summed E-state index contributed by atoms with van der Waals surface area (Å²) in [5.74, 6) is 1.58. The van der Waals surface area contributed by atoms with Gasteiger partial charge in [-0.3, -0.25) is 4.90 Å². The molecule has 0 bridgehead atoms. The smallest absolute Gasteiger partial charge is 0.416 e. The molecule has 2 aliphatic heterocycles. The molecule has 4 nitrogen and oxygen atoms in total. The van der Waals surface area contributed by atoms with Gasteiger partial charge in [-0.05, 0) is 77.6 Å². The molecule has 7 heteroatoms. The summed E-state index contributed by atoms with van der Waals surface area (Å²) in [5, 5.41) is 1.21. The third kappa shape index (κ3) is 4.04. The number of fused-ring (bicyclic) bond motifs is 6. The molecule has 35 heavy (non-hydrogen) atoms. The first-order valence-electron chi connectivity index (χ1n) is 11.7. The highest BCUT2D eigenvalue weighted by Gasteiger charge is 2.34. The molecular weight excluding hydrogens is 453 g/mol. The molecule has 6 rings (SSSR count). The number of aromatic nitrogens is 1. The fourth-order valence-corrected chi connectivity index (χ4v) is 5.38. The molecule has 0 saturated heterocycles. The Kier molecular flexibility index (Phi) is 5.25. The van der Waals surface area contributed by atoms with Crippen LogP contribution in [0.3, 0.4) is 0 Å². The van der Waals surface area contributed by atoms with Crippen molar-refractivity contribution in [2.24, 2.45) is 0 Å². The number of alkyl halides is 3. The van der Waals surface area contributed by atoms with Crippen LogP contribution >= 0.6 is 0 Å². The number of aromatic amines is 1. The third-order valence-electron chi connectivity index (χ3n) is 7.23. The summed E-state index contributed by atoms with van der Waals surface area (Å²) in [6.45, 7) is 2.09. The number of halogens is 3. The molecule has 4 aromatic rings. The number of hydrogen-bond acceptors (Lipinski definition) is 3. The fraction of sp³-hybridized carbons (Fsp3) is 0.286. The van der Waals surface area contributed by atoms with Crippen molar-refractivity contribution in [3.63, 3.8) is 0 Å². The lowest BCUT2D eigenvalue weighted by atomic mass is 9.85. The summed E-state index contributed by atoms with van der Waals surface area (Å²) in [6, 6.07) is 17.7. The Bertz CT molecular complexity index is 1390. The van der Waals surface area contributed by atoms with Crippen molar-refractivity contribution in [3.05, 3.63) is 94.2 Å². The lowest BCUT2D eigenvalue weighted by Gasteiger charge is -2.40. The number of H-pyrrole nitrogens is 1. The van der Waals surface area contributed by atoms with Crippen molar-refractivity contribution >= 4 is 10.9 Å². The van der Waals surface area contributed by atoms with E-state index in [2.05, 4.69) is 34.1 Å². The maximum absolute atomic E-state index is 12.8. The molecule has 0 amide bonds. The second kappa shape index (κ2) is 8.34. The molecule has 0 radical (unpaired) electrons. The minimum Gasteiger partial charge on any atom is -0.497 e. The van der Waals surface area contributed by atoms with Gasteiger partial charge in [-0.1, -0.05) is 18.2 Å². The van der Waals surface area contributed by atoms with E-state index < -0.39 is 11.7 Å². The predicted octanol–water partition coefficient (Wildman–Crippen LogP) is 6.43. The number of hydrogen-bond donors (Lipinski definition) is 1. The lowest BCUT2D eigenvalue weighted by molar-refractivity contribution is -0.137. The highest BCUT2D eigenvalue weighted by atomic mass is 19.4. The molecule has 0 spiro atoms. The second-order valence-corrected chi connectivity index (χ2v) is 9.28. The van der Waals surface area contributed by atoms with Crippen molar-refractivity contribution in [2.45, 2.75) is 38.2 Å². The van der Waals surface area contributed by atoms with Gasteiger partial charge in [0.2, 0.25) is 0 Å². The van der Waals surface area contributed by atoms with Crippen LogP contribution in [0.2, 0.25) is 0 Å². The summed E-state index contributed by atoms with van der Waals surface area (Å²) in [5.41, 5.74) is 6.38. The van der Waals surface area contributed by atoms with E-state index in [1.165, 1.54) is 39.9 Å². The molecule has 1 unspecified atom stereocenters. The number of rotatable bonds is 4. The molecular formula is C28H25F3N2O2. The standard InChI is InChI=1S/C28H25F3N2O2/c1-34-20-8-9-25-23(12-20)24-14-27-22-13-21(7-4-18(22)10-11-33(27)15-26(24)32-25)35-16-17-2-5-19(6-3-17)28(29,30)31/h2-9,12-13,27,32H,10-11,14-16H2,1H3. The number of nitrogens with one attached hydrogen (secondary N) is 1. The molecule has 0 aliphatic carbocycles. The fourth-order valence-electron chi connectivity index (χ4n) is 5.38. The van der Waals surface area contributed by atoms with Crippen molar-refractivity contribution in [1.29, 1.82) is 0 Å². The Morgan fingerprint density at radius 2 is 1.80 bits per heavy atom. The highest BCUT2D eigenvalue weighted by molar-refractivity contribution is 5.86. The van der Waals surface area contributed by atoms with E-state index in [1.807, 2.05) is 12.1 Å². The van der Waals surface area contributed by atoms with Crippen LogP contribution in [0.1, 0.15) is 39.6 Å². The number of methoxy groups -OCH3 is 1. The minimum absolute atomic E-state index is 0.220. The first-order chi connectivity index (χ1) is 16.9. The SMILES string of the molecule is COc1ccc2[nH]c3c(c2c1)CC1c2cc(OCc4ccc(C(F)(F)F)cc4)ccc2CCN1C3. The van der Waals surface area contributed by atoms with Crippen LogP contribution in [0.4, 0.5) is 13.2 Å². The average Bonchev–Trinajstić information content (AvgIpc) is 3.22. The van der Waals surface area contributed by atoms with E-state index in [4.69, 9.17) is 9.47 Å². The zero-order chi connectivity index (χ0) is 24.2. The second-order valence-electron chi connectivity index (χ2n) is 9.28. The molecule has 180 valence electrons. The van der Waals surface area contributed by atoms with Gasteiger partial charge >= 0.3 is 6.18 Å². The van der Waals surface area contributed by atoms with Crippen LogP contribution in [0.5, 0.6) is 11.5 Å². The topological polar surface area (TPSA) is 37.5 Å². The van der Waals surface area contributed by atoms with Crippen LogP contribution in [0.25, 0.3) is 10.9 Å². The Balaban J connectivity index is 1.25. The summed E-state index contributed by atoms with van der Waals surface area (Å²) < 4.78 is 49.9. The summed E-state index contributed by atoms with van der Waals surface area (Å²) in [4.78, 5) is 6.11. The van der Waals surface area contributed by atoms with Gasteiger partial charge in [-0.2, -0.15) is 13.2 Å². The third-order valence-corrected chi connectivity index (χ3v) is 7.23. The number of benzene rings is 3. The lowest BCUT2D eigenvalue weighted by Crippen LogP contribution is -2.39. The molecule has 3 heterocycles. The number of ether oxygens (including phenoxy) is 2. The molecule has 0 saturated carbocycles. The van der Waals surface area contributed by atoms with Crippen LogP contribution in [0.15, 0.2) is 60.7 Å². The van der Waals surface area contributed by atoms with Crippen molar-refractivity contribution in [2.75, 3.05) is 13.7 Å². The summed E-state index contributed by atoms with van der Waals surface area (Å²) in [6.07, 6.45) is -2.45. The van der Waals surface area contributed by atoms with Gasteiger partial charge in [0.25, 0.3) is 0 Å². The minimum atomic E-state index is -4.33. The molecule has 0 fully saturated rings. The largest absolute Gasteiger partial charge is 0.497 e. The molecule has 1 N–H and O–H groups in total. The Labute approximate surface area is 201 Å². The van der Waals surface area contributed by atoms with E-state index in [0.717, 1.165) is 55.1 Å². The van der Waals surface area contributed by atoms with Gasteiger partial charge in [0.1, 0.15) is 18.1 Å². The van der Waals surface area contributed by atoms with E-state index in [-0.39, 0.29) is 12.6 Å². The molecule has 1 atom stereocenters. The quantitative estimate of drug-likeness (QED) is 0.367. The summed E-state index contributed by atoms with van der Waals surface area (Å²) >= 11 is 0. The van der Waals surface area contributed by atoms with E-state index in [0.29, 0.717) is 5.56 Å². The van der Waals surface area contributed by atoms with Crippen molar-refractivity contribution < 1.29 is 22.6 Å². The first-order valence-corrected chi connectivity index (χ1v) is 11.7. The van der Waals surface area contributed by atoms with E-state index in [1.54, 1.807) is 7.11 Å². The summed E-state index contributed by atoms with van der Waals surface area (Å²) in [7, 11) is 1.69. The molecule has 3 aromatic carbocycles. The van der Waals surface area contributed by atoms with Crippen LogP contribution in [0, 0.1) is 0 Å². The average molecular weight is 479 g/mol. The first kappa shape index (κ1) is 22.0. The maximum Gasteiger partial charge on any atom is 0.416 e. The Morgan fingerprint density at radius 3 is 2.57 bits per heavy atom. The zero-order valence-corrected chi connectivity index (χ0v) is 19.3. The zero-order valence-electron chi connectivity index (χ0n) is 19.3. The van der Waals surface area contributed by atoms with Crippen molar-refractivity contribution in [1.82, 2.24) is 9.88 Å². The monoisotopic (exact) mass is 478 g/mol. The number of nitrogens with zero attached hydrogens (tertiary/aromatic N) is 1. The Hall–Kier alpha value is -3.45. The molecule has 2 aliphatic rings. The maximum atomic E-state index is 12.8. The Morgan fingerprint density at radius 1 is 1.00 bits per heavy atom. The van der Waals surface area contributed by atoms with Gasteiger partial charge < -0.3 is 14.5 Å². The molecule has 1 aromatic heterocycles. The van der Waals surface area contributed by atoms with Gasteiger partial charge in [-0.25, -0.2) is 0 Å². The van der Waals surface area contributed by atoms with E-state index in [9.17, 15) is 13.2 Å². The van der Waals surface area contributed by atoms with Crippen LogP contribution in [-0.2, 0) is 32.2 Å². The van der Waals surface area contributed by atoms with Crippen LogP contribution in [-0.4, -0.2) is 23.5 Å². The van der Waals surface area contributed by atoms with Gasteiger partial charge in [-0.15, -0.1) is 0 Å². The van der Waals surface area contributed by atoms with Gasteiger partial charge in [0.15, 0.2) is 0 Å².